The van der Waals surface area contributed by atoms with E-state index in [2.05, 4.69) is 6.92 Å². The largest absolute Gasteiger partial charge is 0.497 e. The number of benzene rings is 1. The van der Waals surface area contributed by atoms with E-state index in [0.29, 0.717) is 17.9 Å². The molecular formula is C26H35NO4. The van der Waals surface area contributed by atoms with Crippen LogP contribution in [0.25, 0.3) is 0 Å². The van der Waals surface area contributed by atoms with Gasteiger partial charge in [0.05, 0.1) is 25.3 Å². The minimum atomic E-state index is -0.292. The minimum Gasteiger partial charge on any atom is -0.497 e. The molecule has 3 rings (SSSR count). The zero-order valence-electron chi connectivity index (χ0n) is 18.9. The summed E-state index contributed by atoms with van der Waals surface area (Å²) >= 11 is 0. The molecule has 1 atom stereocenters. The predicted octanol–water partition coefficient (Wildman–Crippen LogP) is 5.90. The Hall–Kier alpha value is -2.56. The molecule has 0 bridgehead atoms. The summed E-state index contributed by atoms with van der Waals surface area (Å²) in [5, 5.41) is 0. The highest BCUT2D eigenvalue weighted by molar-refractivity contribution is 6.08. The van der Waals surface area contributed by atoms with Crippen LogP contribution in [0.4, 0.5) is 0 Å². The molecule has 1 unspecified atom stereocenters. The number of esters is 1. The summed E-state index contributed by atoms with van der Waals surface area (Å²) in [4.78, 5) is 25.9. The van der Waals surface area contributed by atoms with E-state index in [1.54, 1.807) is 31.4 Å². The van der Waals surface area contributed by atoms with Crippen molar-refractivity contribution in [3.05, 3.63) is 53.3 Å². The van der Waals surface area contributed by atoms with Crippen molar-refractivity contribution in [2.24, 2.45) is 0 Å². The molecule has 0 saturated carbocycles. The first-order valence-electron chi connectivity index (χ1n) is 11.7. The molecule has 2 aromatic rings. The highest BCUT2D eigenvalue weighted by Gasteiger charge is 2.29. The van der Waals surface area contributed by atoms with Crippen LogP contribution in [0.1, 0.15) is 92.4 Å². The van der Waals surface area contributed by atoms with Gasteiger partial charge in [0.1, 0.15) is 5.75 Å². The van der Waals surface area contributed by atoms with Crippen molar-refractivity contribution in [3.63, 3.8) is 0 Å². The molecule has 0 aliphatic carbocycles. The number of ketones is 1. The lowest BCUT2D eigenvalue weighted by molar-refractivity contribution is -0.146. The van der Waals surface area contributed by atoms with Crippen molar-refractivity contribution in [2.45, 2.75) is 77.2 Å². The second kappa shape index (κ2) is 11.7. The fourth-order valence-electron chi connectivity index (χ4n) is 4.29. The van der Waals surface area contributed by atoms with Crippen molar-refractivity contribution in [3.8, 4) is 5.75 Å². The van der Waals surface area contributed by atoms with Gasteiger partial charge in [-0.15, -0.1) is 0 Å². The number of nitrogens with zero attached hydrogens (tertiary/aromatic N) is 1. The molecule has 1 aromatic carbocycles. The first-order valence-corrected chi connectivity index (χ1v) is 11.7. The summed E-state index contributed by atoms with van der Waals surface area (Å²) in [5.74, 6) is 0.243. The van der Waals surface area contributed by atoms with E-state index in [0.717, 1.165) is 50.1 Å². The quantitative estimate of drug-likeness (QED) is 0.255. The average molecular weight is 426 g/mol. The maximum atomic E-state index is 13.1. The minimum absolute atomic E-state index is 0.0324. The third-order valence-corrected chi connectivity index (χ3v) is 6.11. The van der Waals surface area contributed by atoms with E-state index >= 15 is 0 Å². The maximum absolute atomic E-state index is 13.1. The molecule has 0 N–H and O–H groups in total. The van der Waals surface area contributed by atoms with Gasteiger partial charge in [-0.25, -0.2) is 0 Å². The van der Waals surface area contributed by atoms with E-state index in [4.69, 9.17) is 9.47 Å². The van der Waals surface area contributed by atoms with E-state index in [1.807, 2.05) is 16.7 Å². The summed E-state index contributed by atoms with van der Waals surface area (Å²) in [6.45, 7) is 3.45. The number of aromatic nitrogens is 1. The van der Waals surface area contributed by atoms with Gasteiger partial charge in [0, 0.05) is 17.8 Å². The zero-order chi connectivity index (χ0) is 22.1. The Morgan fingerprint density at radius 2 is 1.71 bits per heavy atom. The smallest absolute Gasteiger partial charge is 0.314 e. The lowest BCUT2D eigenvalue weighted by atomic mass is 10.00. The van der Waals surface area contributed by atoms with E-state index in [-0.39, 0.29) is 17.7 Å². The molecule has 0 saturated heterocycles. The fraction of sp³-hybridized carbons (Fsp3) is 0.538. The molecule has 1 aliphatic heterocycles. The van der Waals surface area contributed by atoms with Gasteiger partial charge in [-0.3, -0.25) is 9.59 Å². The molecule has 1 aliphatic rings. The maximum Gasteiger partial charge on any atom is 0.314 e. The monoisotopic (exact) mass is 425 g/mol. The normalized spacial score (nSPS) is 15.7. The predicted molar refractivity (Wildman–Crippen MR) is 122 cm³/mol. The van der Waals surface area contributed by atoms with Crippen LogP contribution in [-0.2, 0) is 16.1 Å². The van der Waals surface area contributed by atoms with Crippen LogP contribution in [0.3, 0.4) is 0 Å². The van der Waals surface area contributed by atoms with Crippen LogP contribution in [0, 0.1) is 0 Å². The average Bonchev–Trinajstić information content (AvgIpc) is 3.09. The van der Waals surface area contributed by atoms with Gasteiger partial charge in [0.15, 0.2) is 0 Å². The molecule has 31 heavy (non-hydrogen) atoms. The Balaban J connectivity index is 1.65. The first-order chi connectivity index (χ1) is 15.2. The van der Waals surface area contributed by atoms with Crippen molar-refractivity contribution >= 4 is 11.8 Å². The number of fused-ring (bicyclic) bond motifs is 1. The van der Waals surface area contributed by atoms with Crippen LogP contribution in [0.15, 0.2) is 36.4 Å². The van der Waals surface area contributed by atoms with Gasteiger partial charge in [-0.1, -0.05) is 45.4 Å². The van der Waals surface area contributed by atoms with Crippen LogP contribution >= 0.6 is 0 Å². The highest BCUT2D eigenvalue weighted by Crippen LogP contribution is 2.31. The van der Waals surface area contributed by atoms with E-state index < -0.39 is 0 Å². The number of ether oxygens (including phenoxy) is 2. The lowest BCUT2D eigenvalue weighted by Gasteiger charge is -2.16. The Morgan fingerprint density at radius 1 is 0.968 bits per heavy atom. The molecule has 5 nitrogen and oxygen atoms in total. The molecule has 0 radical (unpaired) electrons. The molecule has 168 valence electrons. The first kappa shape index (κ1) is 23.1. The molecule has 2 heterocycles. The Labute approximate surface area is 185 Å². The Bertz CT molecular complexity index is 853. The topological polar surface area (TPSA) is 57.5 Å². The second-order valence-corrected chi connectivity index (χ2v) is 8.34. The van der Waals surface area contributed by atoms with Gasteiger partial charge in [0.25, 0.3) is 0 Å². The summed E-state index contributed by atoms with van der Waals surface area (Å²) in [6.07, 6.45) is 9.67. The number of hydrogen-bond donors (Lipinski definition) is 0. The van der Waals surface area contributed by atoms with Gasteiger partial charge in [-0.05, 0) is 55.7 Å². The van der Waals surface area contributed by atoms with Crippen LogP contribution in [-0.4, -0.2) is 30.0 Å². The number of carbonyl (C=O) groups excluding carboxylic acids is 2. The van der Waals surface area contributed by atoms with Gasteiger partial charge in [-0.2, -0.15) is 0 Å². The molecule has 0 spiro atoms. The number of methoxy groups -OCH3 is 1. The number of rotatable bonds is 11. The third kappa shape index (κ3) is 5.99. The van der Waals surface area contributed by atoms with Crippen molar-refractivity contribution < 1.29 is 19.1 Å². The number of carbonyl (C=O) groups is 2. The molecule has 0 fully saturated rings. The van der Waals surface area contributed by atoms with Crippen molar-refractivity contribution in [1.29, 1.82) is 0 Å². The fourth-order valence-corrected chi connectivity index (χ4v) is 4.29. The van der Waals surface area contributed by atoms with Gasteiger partial charge in [0.2, 0.25) is 5.78 Å². The highest BCUT2D eigenvalue weighted by atomic mass is 16.5. The summed E-state index contributed by atoms with van der Waals surface area (Å²) in [5.41, 5.74) is 2.16. The zero-order valence-corrected chi connectivity index (χ0v) is 18.9. The molecule has 5 heteroatoms. The number of hydrogen-bond acceptors (Lipinski definition) is 4. The summed E-state index contributed by atoms with van der Waals surface area (Å²) in [6, 6.07) is 10.9. The van der Waals surface area contributed by atoms with Gasteiger partial charge < -0.3 is 14.0 Å². The molecule has 0 amide bonds. The molecular weight excluding hydrogens is 390 g/mol. The molecule has 1 aromatic heterocycles. The lowest BCUT2D eigenvalue weighted by Crippen LogP contribution is -2.19. The summed E-state index contributed by atoms with van der Waals surface area (Å²) < 4.78 is 12.8. The van der Waals surface area contributed by atoms with Crippen LogP contribution in [0.5, 0.6) is 5.75 Å². The Kier molecular flexibility index (Phi) is 8.74. The Morgan fingerprint density at radius 3 is 2.45 bits per heavy atom. The summed E-state index contributed by atoms with van der Waals surface area (Å²) in [7, 11) is 1.61. The SMILES string of the molecule is CCCCCCCCOC(=O)C1CCCCn2c(C(=O)c3ccc(OC)cc3)ccc21. The van der Waals surface area contributed by atoms with Crippen LogP contribution < -0.4 is 4.74 Å². The number of unbranched alkanes of at least 4 members (excludes halogenated alkanes) is 5. The van der Waals surface area contributed by atoms with E-state index in [1.165, 1.54) is 25.7 Å². The van der Waals surface area contributed by atoms with Crippen LogP contribution in [0.2, 0.25) is 0 Å². The standard InChI is InChI=1S/C26H35NO4/c1-3-4-5-6-7-10-19-31-26(29)22-11-8-9-18-27-23(22)16-17-24(27)25(28)20-12-14-21(30-2)15-13-20/h12-17,22H,3-11,18-19H2,1-2H3. The van der Waals surface area contributed by atoms with Crippen molar-refractivity contribution in [1.82, 2.24) is 4.57 Å². The van der Waals surface area contributed by atoms with E-state index in [9.17, 15) is 9.59 Å². The van der Waals surface area contributed by atoms with Crippen molar-refractivity contribution in [2.75, 3.05) is 13.7 Å². The van der Waals surface area contributed by atoms with Gasteiger partial charge >= 0.3 is 5.97 Å². The third-order valence-electron chi connectivity index (χ3n) is 6.11. The second-order valence-electron chi connectivity index (χ2n) is 8.34.